The molecule has 5 nitrogen and oxygen atoms in total. The predicted octanol–water partition coefficient (Wildman–Crippen LogP) is 13.4. The summed E-state index contributed by atoms with van der Waals surface area (Å²) >= 11 is 1.64. The summed E-state index contributed by atoms with van der Waals surface area (Å²) in [6, 6.07) is 5.90. The third-order valence-electron chi connectivity index (χ3n) is 9.81. The van der Waals surface area contributed by atoms with Crippen molar-refractivity contribution in [2.45, 2.75) is 0 Å². The molecule has 0 atom stereocenters. The van der Waals surface area contributed by atoms with Gasteiger partial charge in [0, 0.05) is 47.3 Å². The molecule has 0 spiro atoms. The van der Waals surface area contributed by atoms with Gasteiger partial charge in [-0.2, -0.15) is 15.0 Å². The van der Waals surface area contributed by atoms with Crippen LogP contribution in [0.3, 0.4) is 0 Å². The van der Waals surface area contributed by atoms with Crippen molar-refractivity contribution < 1.29 is 27.4 Å². The Bertz CT molecular complexity index is 4600. The fourth-order valence-corrected chi connectivity index (χ4v) is 8.46. The van der Waals surface area contributed by atoms with Crippen molar-refractivity contribution in [1.29, 1.82) is 0 Å². The van der Waals surface area contributed by atoms with E-state index in [1.807, 2.05) is 42.5 Å². The number of rotatable bonds is 5. The number of thiophene rings is 1. The summed E-state index contributed by atoms with van der Waals surface area (Å²) in [6.07, 6.45) is 0. The summed E-state index contributed by atoms with van der Waals surface area (Å²) in [5.41, 5.74) is -1.01. The Hall–Kier alpha value is -7.41. The molecular weight excluding hydrogens is 715 g/mol. The van der Waals surface area contributed by atoms with E-state index in [2.05, 4.69) is 0 Å². The second-order valence-electron chi connectivity index (χ2n) is 12.9. The van der Waals surface area contributed by atoms with Gasteiger partial charge in [-0.05, 0) is 58.6 Å². The average molecular weight is 766 g/mol. The van der Waals surface area contributed by atoms with Crippen molar-refractivity contribution in [1.82, 2.24) is 24.1 Å². The van der Waals surface area contributed by atoms with Gasteiger partial charge in [0.25, 0.3) is 0 Å². The molecular formula is C51H31N5S. The van der Waals surface area contributed by atoms with Crippen LogP contribution < -0.4 is 0 Å². The summed E-state index contributed by atoms with van der Waals surface area (Å²) in [7, 11) is 0. The lowest BCUT2D eigenvalue weighted by atomic mass is 9.98. The third-order valence-corrected chi connectivity index (χ3v) is 10.9. The van der Waals surface area contributed by atoms with Crippen molar-refractivity contribution >= 4 is 75.1 Å². The second kappa shape index (κ2) is 12.6. The quantitative estimate of drug-likeness (QED) is 0.175. The summed E-state index contributed by atoms with van der Waals surface area (Å²) in [4.78, 5) is 14.5. The predicted molar refractivity (Wildman–Crippen MR) is 238 cm³/mol. The second-order valence-corrected chi connectivity index (χ2v) is 14.0. The molecule has 0 radical (unpaired) electrons. The van der Waals surface area contributed by atoms with Gasteiger partial charge in [-0.15, -0.1) is 11.3 Å². The molecule has 8 aromatic carbocycles. The lowest BCUT2D eigenvalue weighted by molar-refractivity contribution is 0.893. The van der Waals surface area contributed by atoms with Gasteiger partial charge in [-0.1, -0.05) is 151 Å². The highest BCUT2D eigenvalue weighted by molar-refractivity contribution is 7.25. The van der Waals surface area contributed by atoms with Crippen LogP contribution in [0.4, 0.5) is 0 Å². The standard InChI is InChI=1S/C51H31N5S/c1-2-13-32(14-3-1)35-29-30-40-39-17-6-10-22-44(39)56(45(40)31-35)51-53-49(52-50(54-51)55-42-20-8-4-15-37(42)38-16-5-9-21-43(38)55)34-27-25-33(26-28-34)36-19-12-24-47-48(36)41-18-7-11-23-46(41)57-47/h1-31H/i1D,2D,3D,4D,5D,6D,8D,9D,10D,13D,14D,15D,16D,17D,20D,21D,22D,29D,30D,31D. The van der Waals surface area contributed by atoms with Crippen LogP contribution in [-0.4, -0.2) is 24.1 Å². The van der Waals surface area contributed by atoms with Crippen LogP contribution >= 0.6 is 11.3 Å². The first kappa shape index (κ1) is 18.0. The molecule has 0 bridgehead atoms. The van der Waals surface area contributed by atoms with Crippen molar-refractivity contribution in [2.24, 2.45) is 0 Å². The fraction of sp³-hybridized carbons (Fsp3) is 0. The summed E-state index contributed by atoms with van der Waals surface area (Å²) in [5, 5.41) is 0.647. The van der Waals surface area contributed by atoms with Crippen LogP contribution in [0.25, 0.3) is 109 Å². The number of hydrogen-bond acceptors (Lipinski definition) is 4. The lowest BCUT2D eigenvalue weighted by Gasteiger charge is -2.13. The van der Waals surface area contributed by atoms with Crippen molar-refractivity contribution in [2.75, 3.05) is 0 Å². The molecule has 12 rings (SSSR count). The number of hydrogen-bond donors (Lipinski definition) is 0. The number of para-hydroxylation sites is 3. The number of fused-ring (bicyclic) bond motifs is 9. The minimum Gasteiger partial charge on any atom is -0.278 e. The fourth-order valence-electron chi connectivity index (χ4n) is 7.33. The first-order valence-corrected chi connectivity index (χ1v) is 18.3. The highest BCUT2D eigenvalue weighted by Gasteiger charge is 2.21. The number of nitrogens with zero attached hydrogens (tertiary/aromatic N) is 5. The molecule has 4 heterocycles. The SMILES string of the molecule is [2H]c1c([2H])c([2H])c(-c2c([2H])c([2H])c3c4c([2H])c([2H])c([2H])c([2H])c4n(-c4nc(-c5ccc(-c6cccc7sc8ccccc8c67)cc5)nc(-n5c6c([2H])c([2H])c([2H])c([2H])c6c6c([2H])c([2H])c([2H])c([2H])c65)n4)c3c2[2H])c([2H])c1[2H]. The molecule has 0 saturated heterocycles. The Morgan fingerprint density at radius 3 is 1.65 bits per heavy atom. The van der Waals surface area contributed by atoms with E-state index in [4.69, 9.17) is 32.8 Å². The molecule has 6 heteroatoms. The van der Waals surface area contributed by atoms with E-state index in [0.717, 1.165) is 40.4 Å². The highest BCUT2D eigenvalue weighted by atomic mass is 32.1. The summed E-state index contributed by atoms with van der Waals surface area (Å²) in [5.74, 6) is -1.35. The normalized spacial score (nSPS) is 16.8. The largest absolute Gasteiger partial charge is 0.278 e. The Kier molecular flexibility index (Phi) is 3.97. The maximum Gasteiger partial charge on any atom is 0.240 e. The van der Waals surface area contributed by atoms with Crippen LogP contribution in [0, 0.1) is 0 Å². The van der Waals surface area contributed by atoms with Crippen molar-refractivity contribution in [3.05, 3.63) is 188 Å². The Labute approximate surface area is 359 Å². The minimum atomic E-state index is -0.819. The van der Waals surface area contributed by atoms with Crippen LogP contribution in [0.5, 0.6) is 0 Å². The summed E-state index contributed by atoms with van der Waals surface area (Å²) < 4.78 is 183. The Morgan fingerprint density at radius 2 is 0.965 bits per heavy atom. The van der Waals surface area contributed by atoms with E-state index in [0.29, 0.717) is 0 Å². The Morgan fingerprint density at radius 1 is 0.404 bits per heavy atom. The van der Waals surface area contributed by atoms with Crippen LogP contribution in [-0.2, 0) is 0 Å². The van der Waals surface area contributed by atoms with Gasteiger partial charge in [0.2, 0.25) is 11.9 Å². The molecule has 57 heavy (non-hydrogen) atoms. The zero-order valence-electron chi connectivity index (χ0n) is 49.0. The lowest BCUT2D eigenvalue weighted by Crippen LogP contribution is -2.10. The van der Waals surface area contributed by atoms with E-state index < -0.39 is 160 Å². The van der Waals surface area contributed by atoms with Gasteiger partial charge in [-0.3, -0.25) is 9.13 Å². The van der Waals surface area contributed by atoms with E-state index in [1.54, 1.807) is 35.6 Å². The molecule has 0 amide bonds. The molecule has 0 unspecified atom stereocenters. The van der Waals surface area contributed by atoms with Gasteiger partial charge in [-0.25, -0.2) is 0 Å². The zero-order chi connectivity index (χ0) is 54.9. The maximum atomic E-state index is 9.87. The smallest absolute Gasteiger partial charge is 0.240 e. The first-order valence-electron chi connectivity index (χ1n) is 27.5. The zero-order valence-corrected chi connectivity index (χ0v) is 29.8. The molecule has 0 aliphatic rings. The molecule has 266 valence electrons. The molecule has 0 N–H and O–H groups in total. The van der Waals surface area contributed by atoms with Crippen molar-refractivity contribution in [3.63, 3.8) is 0 Å². The molecule has 0 aliphatic heterocycles. The Balaban J connectivity index is 1.25. The van der Waals surface area contributed by atoms with E-state index in [-0.39, 0.29) is 38.6 Å². The van der Waals surface area contributed by atoms with Gasteiger partial charge < -0.3 is 0 Å². The third kappa shape index (κ3) is 4.98. The number of aromatic nitrogens is 5. The van der Waals surface area contributed by atoms with E-state index in [9.17, 15) is 9.60 Å². The van der Waals surface area contributed by atoms with Crippen molar-refractivity contribution in [3.8, 4) is 45.5 Å². The van der Waals surface area contributed by atoms with Crippen LogP contribution in [0.15, 0.2) is 188 Å². The minimum absolute atomic E-state index is 0.219. The van der Waals surface area contributed by atoms with Gasteiger partial charge in [0.1, 0.15) is 0 Å². The average Bonchev–Trinajstić information content (AvgIpc) is 4.34. The van der Waals surface area contributed by atoms with Gasteiger partial charge >= 0.3 is 0 Å². The molecule has 4 aromatic heterocycles. The van der Waals surface area contributed by atoms with Crippen LogP contribution in [0.1, 0.15) is 27.4 Å². The molecule has 12 aromatic rings. The number of benzene rings is 8. The molecule has 0 fully saturated rings. The maximum absolute atomic E-state index is 9.87. The molecule has 0 aliphatic carbocycles. The monoisotopic (exact) mass is 765 g/mol. The van der Waals surface area contributed by atoms with Gasteiger partial charge in [0.15, 0.2) is 5.82 Å². The topological polar surface area (TPSA) is 48.5 Å². The van der Waals surface area contributed by atoms with E-state index in [1.165, 1.54) is 0 Å². The summed E-state index contributed by atoms with van der Waals surface area (Å²) in [6.45, 7) is 0. The van der Waals surface area contributed by atoms with Crippen LogP contribution in [0.2, 0.25) is 0 Å². The molecule has 0 saturated carbocycles. The van der Waals surface area contributed by atoms with Gasteiger partial charge in [0.05, 0.1) is 49.5 Å². The van der Waals surface area contributed by atoms with E-state index >= 15 is 0 Å². The highest BCUT2D eigenvalue weighted by Crippen LogP contribution is 2.41. The first-order chi connectivity index (χ1) is 36.6.